The van der Waals surface area contributed by atoms with Gasteiger partial charge in [0, 0.05) is 19.3 Å². The zero-order valence-corrected chi connectivity index (χ0v) is 13.1. The van der Waals surface area contributed by atoms with E-state index in [9.17, 15) is 0 Å². The van der Waals surface area contributed by atoms with Gasteiger partial charge in [0.1, 0.15) is 12.7 Å². The van der Waals surface area contributed by atoms with Gasteiger partial charge in [-0.3, -0.25) is 4.68 Å². The Morgan fingerprint density at radius 3 is 2.73 bits per heavy atom. The zero-order valence-electron chi connectivity index (χ0n) is 13.1. The molecule has 2 atom stereocenters. The first-order valence-corrected chi connectivity index (χ1v) is 8.04. The monoisotopic (exact) mass is 300 g/mol. The van der Waals surface area contributed by atoms with Crippen LogP contribution in [0.5, 0.6) is 0 Å². The molecule has 0 spiro atoms. The smallest absolute Gasteiger partial charge is 0.137 e. The first-order valence-electron chi connectivity index (χ1n) is 8.04. The van der Waals surface area contributed by atoms with Gasteiger partial charge < -0.3 is 10.1 Å². The molecule has 2 aromatic rings. The first kappa shape index (κ1) is 15.2. The van der Waals surface area contributed by atoms with Crippen LogP contribution in [-0.2, 0) is 11.3 Å². The largest absolute Gasteiger partial charge is 0.381 e. The lowest BCUT2D eigenvalue weighted by Crippen LogP contribution is -2.40. The number of hydrogen-bond acceptors (Lipinski definition) is 4. The van der Waals surface area contributed by atoms with Gasteiger partial charge in [0.05, 0.1) is 12.6 Å². The Bertz CT molecular complexity index is 537. The van der Waals surface area contributed by atoms with Crippen molar-refractivity contribution in [1.82, 2.24) is 20.1 Å². The summed E-state index contributed by atoms with van der Waals surface area (Å²) in [4.78, 5) is 4.05. The van der Waals surface area contributed by atoms with Crippen molar-refractivity contribution >= 4 is 0 Å². The summed E-state index contributed by atoms with van der Waals surface area (Å²) in [6.45, 7) is 4.84. The Morgan fingerprint density at radius 2 is 2.05 bits per heavy atom. The van der Waals surface area contributed by atoms with Crippen LogP contribution in [0, 0.1) is 5.92 Å². The Balaban J connectivity index is 1.70. The molecule has 1 N–H and O–H groups in total. The van der Waals surface area contributed by atoms with Crippen LogP contribution in [0.15, 0.2) is 43.0 Å². The lowest BCUT2D eigenvalue weighted by atomic mass is 9.91. The van der Waals surface area contributed by atoms with Crippen molar-refractivity contribution in [2.24, 2.45) is 5.92 Å². The molecule has 0 saturated carbocycles. The minimum absolute atomic E-state index is 0.237. The van der Waals surface area contributed by atoms with Crippen LogP contribution in [0.4, 0.5) is 0 Å². The molecular formula is C17H24N4O. The molecule has 1 aromatic carbocycles. The van der Waals surface area contributed by atoms with E-state index in [1.54, 1.807) is 12.7 Å². The summed E-state index contributed by atoms with van der Waals surface area (Å²) in [5.41, 5.74) is 1.29. The number of nitrogens with zero attached hydrogens (tertiary/aromatic N) is 3. The number of rotatable bonds is 6. The predicted octanol–water partition coefficient (Wildman–Crippen LogP) is 2.42. The van der Waals surface area contributed by atoms with Gasteiger partial charge >= 0.3 is 0 Å². The van der Waals surface area contributed by atoms with Crippen molar-refractivity contribution in [1.29, 1.82) is 0 Å². The average Bonchev–Trinajstić information content (AvgIpc) is 3.09. The molecule has 5 nitrogen and oxygen atoms in total. The van der Waals surface area contributed by atoms with Gasteiger partial charge in [0.15, 0.2) is 0 Å². The molecule has 1 aliphatic rings. The van der Waals surface area contributed by atoms with Gasteiger partial charge in [-0.05, 0) is 31.2 Å². The Kier molecular flexibility index (Phi) is 5.19. The minimum atomic E-state index is 0.237. The van der Waals surface area contributed by atoms with Gasteiger partial charge in [-0.2, -0.15) is 5.10 Å². The Labute approximate surface area is 131 Å². The van der Waals surface area contributed by atoms with Gasteiger partial charge in [-0.15, -0.1) is 0 Å². The van der Waals surface area contributed by atoms with Crippen LogP contribution in [-0.4, -0.2) is 34.0 Å². The SMILES string of the molecule is CC(NC(Cn1cncn1)c1ccccc1)C1CCOCC1. The third-order valence-corrected chi connectivity index (χ3v) is 4.48. The van der Waals surface area contributed by atoms with Crippen molar-refractivity contribution < 1.29 is 4.74 Å². The fourth-order valence-corrected chi connectivity index (χ4v) is 3.12. The van der Waals surface area contributed by atoms with E-state index in [4.69, 9.17) is 4.74 Å². The molecule has 1 fully saturated rings. The molecule has 1 aromatic heterocycles. The summed E-state index contributed by atoms with van der Waals surface area (Å²) < 4.78 is 7.36. The normalized spacial score (nSPS) is 19.0. The molecule has 1 aliphatic heterocycles. The highest BCUT2D eigenvalue weighted by Gasteiger charge is 2.23. The Hall–Kier alpha value is -1.72. The van der Waals surface area contributed by atoms with Gasteiger partial charge in [-0.1, -0.05) is 30.3 Å². The quantitative estimate of drug-likeness (QED) is 0.890. The summed E-state index contributed by atoms with van der Waals surface area (Å²) >= 11 is 0. The number of benzene rings is 1. The van der Waals surface area contributed by atoms with E-state index < -0.39 is 0 Å². The highest BCUT2D eigenvalue weighted by Crippen LogP contribution is 2.22. The third kappa shape index (κ3) is 3.93. The number of nitrogens with one attached hydrogen (secondary N) is 1. The van der Waals surface area contributed by atoms with E-state index in [0.29, 0.717) is 12.0 Å². The van der Waals surface area contributed by atoms with Crippen LogP contribution in [0.2, 0.25) is 0 Å². The highest BCUT2D eigenvalue weighted by molar-refractivity contribution is 5.19. The minimum Gasteiger partial charge on any atom is -0.381 e. The Morgan fingerprint density at radius 1 is 1.27 bits per heavy atom. The van der Waals surface area contributed by atoms with Crippen LogP contribution in [0.1, 0.15) is 31.4 Å². The van der Waals surface area contributed by atoms with E-state index in [0.717, 1.165) is 32.6 Å². The summed E-state index contributed by atoms with van der Waals surface area (Å²) in [7, 11) is 0. The number of hydrogen-bond donors (Lipinski definition) is 1. The topological polar surface area (TPSA) is 52.0 Å². The van der Waals surface area contributed by atoms with Crippen LogP contribution in [0.3, 0.4) is 0 Å². The molecule has 0 aliphatic carbocycles. The third-order valence-electron chi connectivity index (χ3n) is 4.48. The van der Waals surface area contributed by atoms with E-state index in [-0.39, 0.29) is 6.04 Å². The van der Waals surface area contributed by atoms with Gasteiger partial charge in [0.2, 0.25) is 0 Å². The molecule has 22 heavy (non-hydrogen) atoms. The predicted molar refractivity (Wildman–Crippen MR) is 85.3 cm³/mol. The second kappa shape index (κ2) is 7.51. The second-order valence-corrected chi connectivity index (χ2v) is 5.99. The first-order chi connectivity index (χ1) is 10.8. The van der Waals surface area contributed by atoms with Gasteiger partial charge in [-0.25, -0.2) is 4.98 Å². The average molecular weight is 300 g/mol. The zero-order chi connectivity index (χ0) is 15.2. The molecule has 2 unspecified atom stereocenters. The van der Waals surface area contributed by atoms with E-state index in [1.165, 1.54) is 5.56 Å². The second-order valence-electron chi connectivity index (χ2n) is 5.99. The maximum Gasteiger partial charge on any atom is 0.137 e. The molecule has 2 heterocycles. The van der Waals surface area contributed by atoms with Gasteiger partial charge in [0.25, 0.3) is 0 Å². The van der Waals surface area contributed by atoms with Crippen molar-refractivity contribution in [3.63, 3.8) is 0 Å². The summed E-state index contributed by atoms with van der Waals surface area (Å²) in [6, 6.07) is 11.3. The molecule has 118 valence electrons. The van der Waals surface area contributed by atoms with Crippen LogP contribution < -0.4 is 5.32 Å². The maximum absolute atomic E-state index is 5.47. The molecule has 0 amide bonds. The number of ether oxygens (including phenoxy) is 1. The molecule has 0 bridgehead atoms. The van der Waals surface area contributed by atoms with E-state index >= 15 is 0 Å². The molecular weight excluding hydrogens is 276 g/mol. The van der Waals surface area contributed by atoms with Crippen molar-refractivity contribution in [2.45, 2.75) is 38.4 Å². The number of aromatic nitrogens is 3. The summed E-state index contributed by atoms with van der Waals surface area (Å²) in [5.74, 6) is 0.677. The van der Waals surface area contributed by atoms with E-state index in [2.05, 4.69) is 52.7 Å². The lowest BCUT2D eigenvalue weighted by Gasteiger charge is -2.32. The summed E-state index contributed by atoms with van der Waals surface area (Å²) in [5, 5.41) is 8.04. The van der Waals surface area contributed by atoms with Crippen molar-refractivity contribution in [3.8, 4) is 0 Å². The van der Waals surface area contributed by atoms with Crippen molar-refractivity contribution in [3.05, 3.63) is 48.5 Å². The maximum atomic E-state index is 5.47. The summed E-state index contributed by atoms with van der Waals surface area (Å²) in [6.07, 6.45) is 5.64. The molecule has 3 rings (SSSR count). The molecule has 5 heteroatoms. The van der Waals surface area contributed by atoms with Crippen molar-refractivity contribution in [2.75, 3.05) is 13.2 Å². The molecule has 0 radical (unpaired) electrons. The fraction of sp³-hybridized carbons (Fsp3) is 0.529. The lowest BCUT2D eigenvalue weighted by molar-refractivity contribution is 0.0539. The van der Waals surface area contributed by atoms with Crippen LogP contribution in [0.25, 0.3) is 0 Å². The van der Waals surface area contributed by atoms with Crippen LogP contribution >= 0.6 is 0 Å². The molecule has 1 saturated heterocycles. The standard InChI is InChI=1S/C17H24N4O/c1-14(15-7-9-22-10-8-15)20-17(11-21-13-18-12-19-21)16-5-3-2-4-6-16/h2-6,12-15,17,20H,7-11H2,1H3. The fourth-order valence-electron chi connectivity index (χ4n) is 3.12. The highest BCUT2D eigenvalue weighted by atomic mass is 16.5. The van der Waals surface area contributed by atoms with E-state index in [1.807, 2.05) is 4.68 Å².